The van der Waals surface area contributed by atoms with Gasteiger partial charge in [-0.2, -0.15) is 0 Å². The summed E-state index contributed by atoms with van der Waals surface area (Å²) in [5, 5.41) is 3.27. The number of fused-ring (bicyclic) bond motifs is 5. The van der Waals surface area contributed by atoms with Gasteiger partial charge < -0.3 is 24.4 Å². The maximum absolute atomic E-state index is 16.3. The van der Waals surface area contributed by atoms with Gasteiger partial charge in [-0.1, -0.05) is 34.1 Å². The van der Waals surface area contributed by atoms with E-state index in [0.29, 0.717) is 48.2 Å². The van der Waals surface area contributed by atoms with Crippen molar-refractivity contribution >= 4 is 28.7 Å². The second-order valence-corrected chi connectivity index (χ2v) is 15.1. The van der Waals surface area contributed by atoms with Gasteiger partial charge in [0.15, 0.2) is 5.78 Å². The lowest BCUT2D eigenvalue weighted by atomic mass is 9.85. The van der Waals surface area contributed by atoms with Crippen molar-refractivity contribution < 1.29 is 37.4 Å². The Labute approximate surface area is 290 Å². The summed E-state index contributed by atoms with van der Waals surface area (Å²) in [7, 11) is 0. The first-order valence-corrected chi connectivity index (χ1v) is 17.3. The van der Waals surface area contributed by atoms with E-state index in [9.17, 15) is 14.4 Å². The predicted octanol–water partition coefficient (Wildman–Crippen LogP) is 6.98. The third kappa shape index (κ3) is 7.22. The lowest BCUT2D eigenvalue weighted by molar-refractivity contribution is -0.141. The molecule has 1 N–H and O–H groups in total. The number of alkyl halides is 2. The molecule has 2 amide bonds. The second kappa shape index (κ2) is 13.4. The van der Waals surface area contributed by atoms with Crippen molar-refractivity contribution in [1.29, 1.82) is 0 Å². The topological polar surface area (TPSA) is 133 Å². The van der Waals surface area contributed by atoms with E-state index in [1.807, 2.05) is 34.6 Å². The minimum atomic E-state index is -3.30. The number of Topliss-reactive ketones (excluding diaryl/α,β-unsaturated/α-hetero) is 1. The lowest BCUT2D eigenvalue weighted by Gasteiger charge is -2.35. The number of nitrogens with one attached hydrogen (secondary N) is 1. The second-order valence-electron chi connectivity index (χ2n) is 15.1. The molecule has 4 heterocycles. The predicted molar refractivity (Wildman–Crippen MR) is 180 cm³/mol. The zero-order chi connectivity index (χ0) is 36.0. The molecule has 0 spiro atoms. The molecule has 1 saturated carbocycles. The molecular formula is C37H45F2N5O6. The van der Waals surface area contributed by atoms with Gasteiger partial charge in [0.25, 0.3) is 5.92 Å². The molecule has 6 rings (SSSR count). The summed E-state index contributed by atoms with van der Waals surface area (Å²) in [5.41, 5.74) is -1.48. The molecular weight excluding hydrogens is 648 g/mol. The van der Waals surface area contributed by atoms with Gasteiger partial charge in [-0.15, -0.1) is 0 Å². The van der Waals surface area contributed by atoms with Crippen LogP contribution in [0.3, 0.4) is 0 Å². The molecule has 0 unspecified atom stereocenters. The van der Waals surface area contributed by atoms with Gasteiger partial charge in [-0.3, -0.25) is 9.59 Å². The van der Waals surface area contributed by atoms with Gasteiger partial charge in [0.05, 0.1) is 23.7 Å². The van der Waals surface area contributed by atoms with E-state index in [1.54, 1.807) is 24.3 Å². The summed E-state index contributed by atoms with van der Waals surface area (Å²) < 4.78 is 50.6. The lowest BCUT2D eigenvalue weighted by Crippen LogP contribution is -2.57. The Bertz CT molecular complexity index is 1770. The van der Waals surface area contributed by atoms with Crippen LogP contribution in [0.15, 0.2) is 42.9 Å². The molecule has 13 heteroatoms. The quantitative estimate of drug-likeness (QED) is 0.308. The SMILES string of the molecule is CC[C@@H]1[C@@H]2CN(C(=O)[C@H](C(C)(C)C)NC(=O)O[C@]3(C)C[C@H]3CCCCC(F)(F)c3cc4ccc(Oc5ccncn5)cc4nc3O2)[C@@H]1C(C)=O. The largest absolute Gasteiger partial charge is 0.472 e. The summed E-state index contributed by atoms with van der Waals surface area (Å²) in [5.74, 6) is -4.10. The molecule has 0 radical (unpaired) electrons. The molecule has 6 atom stereocenters. The Kier molecular flexibility index (Phi) is 9.47. The zero-order valence-corrected chi connectivity index (χ0v) is 29.4. The fraction of sp³-hybridized carbons (Fsp3) is 0.568. The van der Waals surface area contributed by atoms with Crippen molar-refractivity contribution in [3.8, 4) is 17.5 Å². The van der Waals surface area contributed by atoms with Gasteiger partial charge in [0, 0.05) is 42.0 Å². The van der Waals surface area contributed by atoms with Crippen LogP contribution in [-0.4, -0.2) is 68.0 Å². The monoisotopic (exact) mass is 693 g/mol. The summed E-state index contributed by atoms with van der Waals surface area (Å²) in [6, 6.07) is 6.01. The Hall–Kier alpha value is -4.42. The molecule has 3 aromatic rings. The number of halogens is 2. The number of carbonyl (C=O) groups excluding carboxylic acids is 3. The van der Waals surface area contributed by atoms with Crippen LogP contribution < -0.4 is 14.8 Å². The average Bonchev–Trinajstić information content (AvgIpc) is 3.52. The maximum Gasteiger partial charge on any atom is 0.408 e. The minimum absolute atomic E-state index is 0.0243. The van der Waals surface area contributed by atoms with Crippen LogP contribution in [0.1, 0.15) is 85.6 Å². The van der Waals surface area contributed by atoms with Crippen LogP contribution >= 0.6 is 0 Å². The van der Waals surface area contributed by atoms with Crippen molar-refractivity contribution in [3.05, 3.63) is 48.4 Å². The van der Waals surface area contributed by atoms with Crippen molar-refractivity contribution in [1.82, 2.24) is 25.2 Å². The van der Waals surface area contributed by atoms with Gasteiger partial charge in [-0.05, 0) is 63.1 Å². The molecule has 11 nitrogen and oxygen atoms in total. The molecule has 50 heavy (non-hydrogen) atoms. The molecule has 2 fully saturated rings. The maximum atomic E-state index is 16.3. The Morgan fingerprint density at radius 2 is 1.94 bits per heavy atom. The average molecular weight is 694 g/mol. The number of aromatic nitrogens is 3. The first kappa shape index (κ1) is 35.4. The van der Waals surface area contributed by atoms with Gasteiger partial charge in [-0.25, -0.2) is 28.5 Å². The number of amides is 2. The number of benzene rings is 1. The van der Waals surface area contributed by atoms with E-state index in [-0.39, 0.29) is 36.1 Å². The number of rotatable bonds is 4. The van der Waals surface area contributed by atoms with Crippen molar-refractivity contribution in [2.45, 2.75) is 110 Å². The van der Waals surface area contributed by atoms with E-state index >= 15 is 8.78 Å². The molecule has 1 aromatic carbocycles. The molecule has 3 aliphatic rings. The van der Waals surface area contributed by atoms with Gasteiger partial charge in [0.1, 0.15) is 29.8 Å². The molecule has 2 aromatic heterocycles. The Morgan fingerprint density at radius 1 is 1.16 bits per heavy atom. The number of ether oxygens (including phenoxy) is 3. The summed E-state index contributed by atoms with van der Waals surface area (Å²) >= 11 is 0. The first-order chi connectivity index (χ1) is 23.6. The van der Waals surface area contributed by atoms with Crippen LogP contribution in [0.25, 0.3) is 10.9 Å². The number of nitrogens with zero attached hydrogens (tertiary/aromatic N) is 4. The van der Waals surface area contributed by atoms with Crippen molar-refractivity contribution in [2.75, 3.05) is 6.54 Å². The third-order valence-electron chi connectivity index (χ3n) is 10.3. The van der Waals surface area contributed by atoms with Crippen molar-refractivity contribution in [3.63, 3.8) is 0 Å². The van der Waals surface area contributed by atoms with Crippen LogP contribution in [0.4, 0.5) is 13.6 Å². The van der Waals surface area contributed by atoms with E-state index in [1.165, 1.54) is 30.4 Å². The zero-order valence-electron chi connectivity index (χ0n) is 29.4. The van der Waals surface area contributed by atoms with Crippen LogP contribution in [-0.2, 0) is 20.2 Å². The molecule has 2 bridgehead atoms. The summed E-state index contributed by atoms with van der Waals surface area (Å²) in [4.78, 5) is 54.8. The number of ketones is 1. The molecule has 1 aliphatic carbocycles. The normalized spacial score (nSPS) is 28.6. The van der Waals surface area contributed by atoms with Crippen LogP contribution in [0.2, 0.25) is 0 Å². The minimum Gasteiger partial charge on any atom is -0.472 e. The number of alkyl carbamates (subject to hydrolysis) is 1. The van der Waals surface area contributed by atoms with Crippen LogP contribution in [0.5, 0.6) is 17.5 Å². The molecule has 268 valence electrons. The number of hydrogen-bond acceptors (Lipinski definition) is 9. The highest BCUT2D eigenvalue weighted by molar-refractivity contribution is 5.92. The smallest absolute Gasteiger partial charge is 0.408 e. The highest BCUT2D eigenvalue weighted by Gasteiger charge is 2.55. The van der Waals surface area contributed by atoms with E-state index in [2.05, 4.69) is 20.3 Å². The number of pyridine rings is 1. The summed E-state index contributed by atoms with van der Waals surface area (Å²) in [6.07, 6.45) is 3.29. The van der Waals surface area contributed by atoms with E-state index in [0.717, 1.165) is 0 Å². The fourth-order valence-corrected chi connectivity index (χ4v) is 7.39. The molecule has 2 aliphatic heterocycles. The third-order valence-corrected chi connectivity index (χ3v) is 10.3. The van der Waals surface area contributed by atoms with Gasteiger partial charge in [0.2, 0.25) is 17.7 Å². The first-order valence-electron chi connectivity index (χ1n) is 17.3. The number of carbonyl (C=O) groups is 3. The Balaban J connectivity index is 1.42. The highest BCUT2D eigenvalue weighted by atomic mass is 19.3. The fourth-order valence-electron chi connectivity index (χ4n) is 7.39. The van der Waals surface area contributed by atoms with Crippen molar-refractivity contribution in [2.24, 2.45) is 17.3 Å². The molecule has 1 saturated heterocycles. The van der Waals surface area contributed by atoms with E-state index in [4.69, 9.17) is 14.2 Å². The Morgan fingerprint density at radius 3 is 2.62 bits per heavy atom. The standard InChI is InChI=1S/C37H45F2N5O6/c1-7-25-28-19-44(30(25)21(2)45)33(46)31(35(3,4)5)43-34(47)50-36(6)18-23(36)10-8-9-14-37(38,39)26-16-22-11-12-24(17-27(22)42-32(26)49-28)48-29-13-15-40-20-41-29/h11-13,15-17,20,23,25,28,30-31H,7-10,14,18-19H2,1-6H3,(H,43,47)/t23-,25-,28+,30-,31-,36-/m1/s1. The summed E-state index contributed by atoms with van der Waals surface area (Å²) in [6.45, 7) is 10.5. The van der Waals surface area contributed by atoms with Gasteiger partial charge >= 0.3 is 6.09 Å². The van der Waals surface area contributed by atoms with Crippen LogP contribution in [0, 0.1) is 17.3 Å². The highest BCUT2D eigenvalue weighted by Crippen LogP contribution is 2.50. The van der Waals surface area contributed by atoms with E-state index < -0.39 is 59.5 Å². The number of hydrogen-bond donors (Lipinski definition) is 1.